The van der Waals surface area contributed by atoms with Gasteiger partial charge in [0.05, 0.1) is 11.7 Å². The van der Waals surface area contributed by atoms with E-state index in [1.165, 1.54) is 89.9 Å². The summed E-state index contributed by atoms with van der Waals surface area (Å²) < 4.78 is 0. The van der Waals surface area contributed by atoms with Crippen molar-refractivity contribution in [2.45, 2.75) is 154 Å². The number of allylic oxidation sites excluding steroid dienone is 1. The Hall–Kier alpha value is -0.640. The van der Waals surface area contributed by atoms with E-state index in [1.54, 1.807) is 5.57 Å². The topological polar surface area (TPSA) is 52.5 Å². The van der Waals surface area contributed by atoms with Crippen LogP contribution in [0.2, 0.25) is 0 Å². The predicted octanol–water partition coefficient (Wildman–Crippen LogP) is 8.74. The van der Waals surface area contributed by atoms with Crippen molar-refractivity contribution in [3.8, 4) is 0 Å². The van der Waals surface area contributed by atoms with Crippen molar-refractivity contribution in [3.05, 3.63) is 24.3 Å². The lowest BCUT2D eigenvalue weighted by atomic mass is 9.46. The Morgan fingerprint density at radius 2 is 1.67 bits per heavy atom. The largest absolute Gasteiger partial charge is 0.393 e. The second-order valence-corrected chi connectivity index (χ2v) is 14.8. The standard InChI is InChI=1S/C36H63NO2/c1-5-7-8-9-10-11-12-13-14-15-25-37-27-36-24-21-31-30(17-16-28-26-29(38)20-23-34(28,31)3)32(36)18-19-33(36)35(4,39)22-6-2/h6,16,29-33,37-39H,2,5,7-15,17-27H2,1,3-4H3/t29-,30+,31-,32-,33+,34-,35+,36+/m0/s1. The third-order valence-electron chi connectivity index (χ3n) is 12.3. The average Bonchev–Trinajstić information content (AvgIpc) is 3.30. The summed E-state index contributed by atoms with van der Waals surface area (Å²) in [5, 5.41) is 26.1. The van der Waals surface area contributed by atoms with Gasteiger partial charge in [-0.05, 0) is 112 Å². The van der Waals surface area contributed by atoms with Crippen LogP contribution in [-0.2, 0) is 0 Å². The summed E-state index contributed by atoms with van der Waals surface area (Å²) in [7, 11) is 0. The van der Waals surface area contributed by atoms with Crippen molar-refractivity contribution >= 4 is 0 Å². The predicted molar refractivity (Wildman–Crippen MR) is 166 cm³/mol. The molecular weight excluding hydrogens is 478 g/mol. The van der Waals surface area contributed by atoms with E-state index in [4.69, 9.17) is 0 Å². The highest BCUT2D eigenvalue weighted by molar-refractivity contribution is 5.26. The Labute approximate surface area is 241 Å². The molecule has 3 N–H and O–H groups in total. The first-order valence-corrected chi connectivity index (χ1v) is 17.2. The second kappa shape index (κ2) is 14.0. The van der Waals surface area contributed by atoms with Gasteiger partial charge in [0.25, 0.3) is 0 Å². The summed E-state index contributed by atoms with van der Waals surface area (Å²) in [4.78, 5) is 0. The molecule has 3 heteroatoms. The lowest BCUT2D eigenvalue weighted by molar-refractivity contribution is -0.108. The molecule has 224 valence electrons. The van der Waals surface area contributed by atoms with Gasteiger partial charge < -0.3 is 15.5 Å². The number of unbranched alkanes of at least 4 members (excludes halogenated alkanes) is 9. The summed E-state index contributed by atoms with van der Waals surface area (Å²) in [5.74, 6) is 2.51. The van der Waals surface area contributed by atoms with Gasteiger partial charge in [0, 0.05) is 6.54 Å². The van der Waals surface area contributed by atoms with Crippen molar-refractivity contribution in [2.75, 3.05) is 13.1 Å². The Bertz CT molecular complexity index is 804. The maximum Gasteiger partial charge on any atom is 0.0687 e. The number of aliphatic hydroxyl groups excluding tert-OH is 1. The summed E-state index contributed by atoms with van der Waals surface area (Å²) in [6.45, 7) is 13.1. The Kier molecular flexibility index (Phi) is 11.2. The van der Waals surface area contributed by atoms with Crippen LogP contribution in [0.25, 0.3) is 0 Å². The molecule has 0 aromatic rings. The van der Waals surface area contributed by atoms with Gasteiger partial charge in [-0.3, -0.25) is 0 Å². The first kappa shape index (κ1) is 31.3. The molecule has 4 aliphatic rings. The number of aliphatic hydroxyl groups is 2. The first-order valence-electron chi connectivity index (χ1n) is 17.2. The van der Waals surface area contributed by atoms with Gasteiger partial charge in [0.15, 0.2) is 0 Å². The molecule has 0 aromatic heterocycles. The fourth-order valence-corrected chi connectivity index (χ4v) is 10.2. The van der Waals surface area contributed by atoms with Gasteiger partial charge in [0.2, 0.25) is 0 Å². The smallest absolute Gasteiger partial charge is 0.0687 e. The van der Waals surface area contributed by atoms with Crippen LogP contribution in [0.1, 0.15) is 143 Å². The maximum absolute atomic E-state index is 11.7. The molecule has 4 rings (SSSR count). The van der Waals surface area contributed by atoms with E-state index in [0.717, 1.165) is 50.6 Å². The van der Waals surface area contributed by atoms with Crippen LogP contribution in [-0.4, -0.2) is 35.0 Å². The van der Waals surface area contributed by atoms with Gasteiger partial charge in [-0.15, -0.1) is 6.58 Å². The third kappa shape index (κ3) is 6.89. The van der Waals surface area contributed by atoms with Crippen LogP contribution >= 0.6 is 0 Å². The van der Waals surface area contributed by atoms with Crippen LogP contribution in [0.3, 0.4) is 0 Å². The normalized spacial score (nSPS) is 37.4. The lowest BCUT2D eigenvalue weighted by Gasteiger charge is -2.59. The minimum absolute atomic E-state index is 0.136. The molecule has 0 saturated heterocycles. The van der Waals surface area contributed by atoms with Crippen LogP contribution in [0.15, 0.2) is 24.3 Å². The van der Waals surface area contributed by atoms with Crippen molar-refractivity contribution in [2.24, 2.45) is 34.5 Å². The molecule has 0 bridgehead atoms. The van der Waals surface area contributed by atoms with Crippen LogP contribution in [0.5, 0.6) is 0 Å². The van der Waals surface area contributed by atoms with Gasteiger partial charge in [0.1, 0.15) is 0 Å². The fraction of sp³-hybridized carbons (Fsp3) is 0.889. The number of rotatable bonds is 16. The Morgan fingerprint density at radius 1 is 0.974 bits per heavy atom. The molecule has 0 radical (unpaired) electrons. The molecule has 0 aliphatic heterocycles. The zero-order chi connectivity index (χ0) is 27.9. The molecule has 4 aliphatic carbocycles. The van der Waals surface area contributed by atoms with E-state index in [2.05, 4.69) is 38.7 Å². The molecule has 0 spiro atoms. The second-order valence-electron chi connectivity index (χ2n) is 14.8. The third-order valence-corrected chi connectivity index (χ3v) is 12.3. The molecule has 0 unspecified atom stereocenters. The van der Waals surface area contributed by atoms with Crippen molar-refractivity contribution in [1.82, 2.24) is 5.32 Å². The first-order chi connectivity index (χ1) is 18.8. The summed E-state index contributed by atoms with van der Waals surface area (Å²) in [5.41, 5.74) is 1.36. The zero-order valence-corrected chi connectivity index (χ0v) is 26.0. The van der Waals surface area contributed by atoms with Crippen molar-refractivity contribution in [1.29, 1.82) is 0 Å². The Morgan fingerprint density at radius 3 is 2.36 bits per heavy atom. The van der Waals surface area contributed by atoms with E-state index in [9.17, 15) is 10.2 Å². The monoisotopic (exact) mass is 541 g/mol. The van der Waals surface area contributed by atoms with E-state index in [-0.39, 0.29) is 16.9 Å². The number of hydrogen-bond acceptors (Lipinski definition) is 3. The van der Waals surface area contributed by atoms with Crippen LogP contribution in [0.4, 0.5) is 0 Å². The molecule has 0 aromatic carbocycles. The number of hydrogen-bond donors (Lipinski definition) is 3. The highest BCUT2D eigenvalue weighted by atomic mass is 16.3. The van der Waals surface area contributed by atoms with Gasteiger partial charge in [-0.2, -0.15) is 0 Å². The molecule has 39 heavy (non-hydrogen) atoms. The quantitative estimate of drug-likeness (QED) is 0.135. The number of nitrogens with one attached hydrogen (secondary N) is 1. The van der Waals surface area contributed by atoms with Gasteiger partial charge in [-0.1, -0.05) is 89.4 Å². The molecule has 0 heterocycles. The molecular formula is C36H63NO2. The van der Waals surface area contributed by atoms with Crippen LogP contribution in [0, 0.1) is 34.5 Å². The zero-order valence-electron chi connectivity index (χ0n) is 26.0. The summed E-state index contributed by atoms with van der Waals surface area (Å²) >= 11 is 0. The average molecular weight is 542 g/mol. The highest BCUT2D eigenvalue weighted by Crippen LogP contribution is 2.67. The molecule has 0 amide bonds. The van der Waals surface area contributed by atoms with E-state index < -0.39 is 5.60 Å². The minimum Gasteiger partial charge on any atom is -0.393 e. The molecule has 3 saturated carbocycles. The summed E-state index contributed by atoms with van der Waals surface area (Å²) in [6.07, 6.45) is 28.0. The molecule has 3 nitrogen and oxygen atoms in total. The highest BCUT2D eigenvalue weighted by Gasteiger charge is 2.62. The van der Waals surface area contributed by atoms with Crippen LogP contribution < -0.4 is 5.32 Å². The molecule has 8 atom stereocenters. The van der Waals surface area contributed by atoms with E-state index >= 15 is 0 Å². The Balaban J connectivity index is 1.35. The van der Waals surface area contributed by atoms with Gasteiger partial charge in [-0.25, -0.2) is 0 Å². The van der Waals surface area contributed by atoms with Crippen molar-refractivity contribution in [3.63, 3.8) is 0 Å². The SMILES string of the molecule is C=CC[C@@](C)(O)[C@H]1CC[C@H]2[C@@H]3CC=C4C[C@@H](O)CC[C@]4(C)[C@H]3CC[C@@]21CNCCCCCCCCCCCC. The van der Waals surface area contributed by atoms with Crippen molar-refractivity contribution < 1.29 is 10.2 Å². The maximum atomic E-state index is 11.7. The van der Waals surface area contributed by atoms with E-state index in [1.807, 2.05) is 6.08 Å². The minimum atomic E-state index is -0.670. The number of fused-ring (bicyclic) bond motifs is 5. The summed E-state index contributed by atoms with van der Waals surface area (Å²) in [6, 6.07) is 0. The van der Waals surface area contributed by atoms with Gasteiger partial charge >= 0.3 is 0 Å². The van der Waals surface area contributed by atoms with E-state index in [0.29, 0.717) is 18.3 Å². The fourth-order valence-electron chi connectivity index (χ4n) is 10.2. The molecule has 3 fully saturated rings. The lowest BCUT2D eigenvalue weighted by Crippen LogP contribution is -2.57.